The van der Waals surface area contributed by atoms with E-state index >= 15 is 0 Å². The molecule has 2 aromatic rings. The molecule has 0 heterocycles. The normalized spacial score (nSPS) is 10.4. The van der Waals surface area contributed by atoms with E-state index in [1.807, 2.05) is 36.4 Å². The van der Waals surface area contributed by atoms with Crippen LogP contribution in [-0.4, -0.2) is 17.2 Å². The smallest absolute Gasteiger partial charge is 0.423 e. The molecular formula is C15H12BNO2. The summed E-state index contributed by atoms with van der Waals surface area (Å²) in [5.41, 5.74) is 3.08. The third-order valence-electron chi connectivity index (χ3n) is 2.73. The van der Waals surface area contributed by atoms with Gasteiger partial charge in [0.2, 0.25) is 0 Å². The van der Waals surface area contributed by atoms with Crippen molar-refractivity contribution in [3.8, 4) is 0 Å². The summed E-state index contributed by atoms with van der Waals surface area (Å²) in [6.45, 7) is 6.87. The highest BCUT2D eigenvalue weighted by atomic mass is 16.4. The van der Waals surface area contributed by atoms with Gasteiger partial charge in [0.25, 0.3) is 0 Å². The van der Waals surface area contributed by atoms with Crippen molar-refractivity contribution in [3.63, 3.8) is 0 Å². The molecular weight excluding hydrogens is 237 g/mol. The van der Waals surface area contributed by atoms with E-state index in [4.69, 9.17) is 16.6 Å². The summed E-state index contributed by atoms with van der Waals surface area (Å²) in [4.78, 5) is 3.33. The monoisotopic (exact) mass is 249 g/mol. The Labute approximate surface area is 112 Å². The third kappa shape index (κ3) is 3.55. The average molecular weight is 249 g/mol. The van der Waals surface area contributed by atoms with Crippen molar-refractivity contribution in [2.24, 2.45) is 0 Å². The molecule has 2 N–H and O–H groups in total. The summed E-state index contributed by atoms with van der Waals surface area (Å²) < 4.78 is 0. The molecule has 0 aliphatic rings. The van der Waals surface area contributed by atoms with E-state index in [2.05, 4.69) is 4.85 Å². The summed E-state index contributed by atoms with van der Waals surface area (Å²) in [5, 5.41) is 18.0. The van der Waals surface area contributed by atoms with Crippen molar-refractivity contribution in [2.75, 3.05) is 0 Å². The van der Waals surface area contributed by atoms with Crippen LogP contribution in [0.4, 0.5) is 5.69 Å². The van der Waals surface area contributed by atoms with Crippen molar-refractivity contribution in [3.05, 3.63) is 71.1 Å². The van der Waals surface area contributed by atoms with Gasteiger partial charge in [-0.25, -0.2) is 4.85 Å². The van der Waals surface area contributed by atoms with E-state index in [9.17, 15) is 0 Å². The summed E-state index contributed by atoms with van der Waals surface area (Å²) in [6.07, 6.45) is 3.87. The van der Waals surface area contributed by atoms with Gasteiger partial charge in [0.15, 0.2) is 5.69 Å². The first-order valence-corrected chi connectivity index (χ1v) is 5.81. The van der Waals surface area contributed by atoms with Crippen LogP contribution in [0.5, 0.6) is 0 Å². The lowest BCUT2D eigenvalue weighted by Gasteiger charge is -1.99. The van der Waals surface area contributed by atoms with Gasteiger partial charge < -0.3 is 10.0 Å². The summed E-state index contributed by atoms with van der Waals surface area (Å²) >= 11 is 0. The molecule has 0 saturated heterocycles. The molecule has 0 unspecified atom stereocenters. The fourth-order valence-corrected chi connectivity index (χ4v) is 1.63. The molecule has 3 nitrogen and oxygen atoms in total. The topological polar surface area (TPSA) is 44.8 Å². The largest absolute Gasteiger partial charge is 0.488 e. The Hall–Kier alpha value is -2.35. The Kier molecular flexibility index (Phi) is 4.14. The molecule has 0 saturated carbocycles. The van der Waals surface area contributed by atoms with Crippen LogP contribution in [0.1, 0.15) is 11.1 Å². The number of benzene rings is 2. The Bertz CT molecular complexity index is 610. The molecule has 0 radical (unpaired) electrons. The first kappa shape index (κ1) is 13.1. The Morgan fingerprint density at radius 3 is 1.74 bits per heavy atom. The molecule has 0 bridgehead atoms. The van der Waals surface area contributed by atoms with Gasteiger partial charge in [-0.05, 0) is 16.6 Å². The predicted molar refractivity (Wildman–Crippen MR) is 77.9 cm³/mol. The van der Waals surface area contributed by atoms with Crippen molar-refractivity contribution in [1.29, 1.82) is 0 Å². The zero-order valence-corrected chi connectivity index (χ0v) is 10.2. The lowest BCUT2D eigenvalue weighted by Crippen LogP contribution is -2.29. The van der Waals surface area contributed by atoms with E-state index in [1.54, 1.807) is 24.3 Å². The first-order valence-electron chi connectivity index (χ1n) is 5.81. The molecule has 4 heteroatoms. The van der Waals surface area contributed by atoms with Crippen LogP contribution < -0.4 is 5.46 Å². The highest BCUT2D eigenvalue weighted by molar-refractivity contribution is 6.58. The second kappa shape index (κ2) is 6.01. The van der Waals surface area contributed by atoms with Crippen LogP contribution >= 0.6 is 0 Å². The van der Waals surface area contributed by atoms with Gasteiger partial charge in [-0.2, -0.15) is 0 Å². The van der Waals surface area contributed by atoms with Crippen molar-refractivity contribution >= 4 is 30.4 Å². The molecule has 0 amide bonds. The molecule has 0 fully saturated rings. The molecule has 92 valence electrons. The number of hydrogen-bond acceptors (Lipinski definition) is 2. The van der Waals surface area contributed by atoms with Crippen molar-refractivity contribution < 1.29 is 10.0 Å². The molecule has 2 aromatic carbocycles. The Morgan fingerprint density at radius 2 is 1.32 bits per heavy atom. The fourth-order valence-electron chi connectivity index (χ4n) is 1.63. The van der Waals surface area contributed by atoms with Gasteiger partial charge in [-0.15, -0.1) is 0 Å². The lowest BCUT2D eigenvalue weighted by atomic mass is 9.80. The van der Waals surface area contributed by atoms with Gasteiger partial charge in [0.05, 0.1) is 6.57 Å². The molecule has 19 heavy (non-hydrogen) atoms. The van der Waals surface area contributed by atoms with E-state index in [0.717, 1.165) is 11.1 Å². The van der Waals surface area contributed by atoms with Crippen LogP contribution in [0.2, 0.25) is 0 Å². The molecule has 0 atom stereocenters. The number of rotatable bonds is 3. The van der Waals surface area contributed by atoms with Gasteiger partial charge in [0.1, 0.15) is 0 Å². The second-order valence-corrected chi connectivity index (χ2v) is 4.08. The van der Waals surface area contributed by atoms with Crippen molar-refractivity contribution in [2.45, 2.75) is 0 Å². The zero-order valence-electron chi connectivity index (χ0n) is 10.2. The molecule has 0 aromatic heterocycles. The van der Waals surface area contributed by atoms with E-state index in [0.29, 0.717) is 11.2 Å². The molecule has 0 aliphatic heterocycles. The van der Waals surface area contributed by atoms with Crippen LogP contribution in [0.3, 0.4) is 0 Å². The summed E-state index contributed by atoms with van der Waals surface area (Å²) in [6, 6.07) is 14.3. The van der Waals surface area contributed by atoms with Gasteiger partial charge in [-0.1, -0.05) is 60.7 Å². The maximum absolute atomic E-state index is 8.99. The van der Waals surface area contributed by atoms with E-state index in [1.165, 1.54) is 0 Å². The fraction of sp³-hybridized carbons (Fsp3) is 0. The minimum Gasteiger partial charge on any atom is -0.423 e. The maximum atomic E-state index is 8.99. The van der Waals surface area contributed by atoms with Gasteiger partial charge in [-0.3, -0.25) is 0 Å². The van der Waals surface area contributed by atoms with E-state index < -0.39 is 7.12 Å². The molecule has 0 spiro atoms. The van der Waals surface area contributed by atoms with Crippen LogP contribution in [0, 0.1) is 6.57 Å². The standard InChI is InChI=1S/C15H12BNO2/c1-17-15-10-6-13(7-11-15)3-2-12-4-8-14(9-5-12)16(18)19/h2-11,18-19H. The minimum atomic E-state index is -1.43. The SMILES string of the molecule is [C-]#[N+]c1ccc(C=Cc2ccc(B(O)O)cc2)cc1. The second-order valence-electron chi connectivity index (χ2n) is 4.08. The predicted octanol–water partition coefficient (Wildman–Crippen LogP) is 2.09. The van der Waals surface area contributed by atoms with E-state index in [-0.39, 0.29) is 0 Å². The Morgan fingerprint density at radius 1 is 0.842 bits per heavy atom. The maximum Gasteiger partial charge on any atom is 0.488 e. The first-order chi connectivity index (χ1) is 9.19. The van der Waals surface area contributed by atoms with Gasteiger partial charge >= 0.3 is 7.12 Å². The zero-order chi connectivity index (χ0) is 13.7. The quantitative estimate of drug-likeness (QED) is 0.497. The molecule has 2 rings (SSSR count). The third-order valence-corrected chi connectivity index (χ3v) is 2.73. The highest BCUT2D eigenvalue weighted by Crippen LogP contribution is 2.14. The van der Waals surface area contributed by atoms with Gasteiger partial charge in [0, 0.05) is 0 Å². The van der Waals surface area contributed by atoms with Crippen LogP contribution in [-0.2, 0) is 0 Å². The summed E-state index contributed by atoms with van der Waals surface area (Å²) in [5.74, 6) is 0. The van der Waals surface area contributed by atoms with Crippen LogP contribution in [0.15, 0.2) is 48.5 Å². The number of nitrogens with zero attached hydrogens (tertiary/aromatic N) is 1. The molecule has 0 aliphatic carbocycles. The Balaban J connectivity index is 2.11. The number of hydrogen-bond donors (Lipinski definition) is 2. The highest BCUT2D eigenvalue weighted by Gasteiger charge is 2.08. The van der Waals surface area contributed by atoms with Crippen molar-refractivity contribution in [1.82, 2.24) is 0 Å². The lowest BCUT2D eigenvalue weighted by molar-refractivity contribution is 0.426. The summed E-state index contributed by atoms with van der Waals surface area (Å²) in [7, 11) is -1.43. The van der Waals surface area contributed by atoms with Crippen LogP contribution in [0.25, 0.3) is 17.0 Å². The minimum absolute atomic E-state index is 0.471. The average Bonchev–Trinajstić information content (AvgIpc) is 2.46.